The number of aromatic nitrogens is 1. The zero-order chi connectivity index (χ0) is 21.3. The van der Waals surface area contributed by atoms with Crippen LogP contribution in [0.2, 0.25) is 0 Å². The first-order chi connectivity index (χ1) is 14.5. The number of nitrogens with zero attached hydrogens (tertiary/aromatic N) is 2. The van der Waals surface area contributed by atoms with E-state index in [0.717, 1.165) is 21.2 Å². The summed E-state index contributed by atoms with van der Waals surface area (Å²) in [5, 5.41) is 11.0. The molecule has 2 heterocycles. The molecule has 30 heavy (non-hydrogen) atoms. The summed E-state index contributed by atoms with van der Waals surface area (Å²) in [4.78, 5) is 31.6. The third-order valence-electron chi connectivity index (χ3n) is 5.11. The van der Waals surface area contributed by atoms with Gasteiger partial charge in [-0.05, 0) is 36.2 Å². The topological polar surface area (TPSA) is 70.5 Å². The molecule has 1 aliphatic rings. The third-order valence-corrected chi connectivity index (χ3v) is 5.60. The molecule has 0 saturated carbocycles. The molecule has 4 rings (SSSR count). The first kappa shape index (κ1) is 20.0. The van der Waals surface area contributed by atoms with Gasteiger partial charge in [0, 0.05) is 29.0 Å². The van der Waals surface area contributed by atoms with Crippen LogP contribution in [0.3, 0.4) is 0 Å². The van der Waals surface area contributed by atoms with Gasteiger partial charge in [-0.15, -0.1) is 0 Å². The lowest BCUT2D eigenvalue weighted by Crippen LogP contribution is -2.29. The highest BCUT2D eigenvalue weighted by molar-refractivity contribution is 9.10. The van der Waals surface area contributed by atoms with Gasteiger partial charge in [0.2, 0.25) is 0 Å². The molecule has 0 aliphatic carbocycles. The van der Waals surface area contributed by atoms with E-state index in [1.165, 1.54) is 4.90 Å². The van der Waals surface area contributed by atoms with E-state index >= 15 is 0 Å². The largest absolute Gasteiger partial charge is 0.507 e. The van der Waals surface area contributed by atoms with Crippen molar-refractivity contribution < 1.29 is 14.7 Å². The molecule has 1 aliphatic heterocycles. The number of aliphatic hydroxyl groups is 1. The fraction of sp³-hybridized carbons (Fsp3) is 0.125. The van der Waals surface area contributed by atoms with Crippen molar-refractivity contribution in [3.05, 3.63) is 105 Å². The predicted octanol–water partition coefficient (Wildman–Crippen LogP) is 4.77. The minimum absolute atomic E-state index is 0.0887. The number of pyridine rings is 1. The van der Waals surface area contributed by atoms with Crippen molar-refractivity contribution in [2.45, 2.75) is 19.5 Å². The fourth-order valence-electron chi connectivity index (χ4n) is 3.62. The summed E-state index contributed by atoms with van der Waals surface area (Å²) in [5.74, 6) is -1.51. The van der Waals surface area contributed by atoms with Crippen LogP contribution in [0.25, 0.3) is 5.76 Å². The Kier molecular flexibility index (Phi) is 5.50. The molecule has 0 spiro atoms. The molecule has 0 bridgehead atoms. The highest BCUT2D eigenvalue weighted by Gasteiger charge is 2.46. The first-order valence-corrected chi connectivity index (χ1v) is 10.2. The Balaban J connectivity index is 1.87. The maximum absolute atomic E-state index is 13.0. The van der Waals surface area contributed by atoms with Gasteiger partial charge >= 0.3 is 0 Å². The second-order valence-corrected chi connectivity index (χ2v) is 8.12. The number of ketones is 1. The van der Waals surface area contributed by atoms with Gasteiger partial charge in [-0.3, -0.25) is 14.6 Å². The second kappa shape index (κ2) is 8.24. The number of carbonyl (C=O) groups is 2. The molecular formula is C24H19BrN2O3. The Morgan fingerprint density at radius 2 is 1.87 bits per heavy atom. The molecule has 0 radical (unpaired) electrons. The van der Waals surface area contributed by atoms with E-state index in [0.29, 0.717) is 5.56 Å². The molecule has 150 valence electrons. The molecule has 6 heteroatoms. The highest BCUT2D eigenvalue weighted by Crippen LogP contribution is 2.40. The van der Waals surface area contributed by atoms with Crippen LogP contribution in [0.4, 0.5) is 0 Å². The van der Waals surface area contributed by atoms with Crippen LogP contribution >= 0.6 is 15.9 Å². The standard InChI is InChI=1S/C24H19BrN2O3/c1-15-7-9-17(10-8-15)22(28)20-21(18-5-2-6-19(25)12-18)27(24(30)23(20)29)14-16-4-3-11-26-13-16/h2-13,21,28H,14H2,1H3/b22-20+/t21-/m1/s1. The van der Waals surface area contributed by atoms with Gasteiger partial charge in [0.05, 0.1) is 11.6 Å². The molecule has 1 amide bonds. The number of Topliss-reactive ketones (excluding diaryl/α,β-unsaturated/α-hetero) is 1. The summed E-state index contributed by atoms with van der Waals surface area (Å²) >= 11 is 3.46. The monoisotopic (exact) mass is 462 g/mol. The summed E-state index contributed by atoms with van der Waals surface area (Å²) in [6, 6.07) is 17.6. The van der Waals surface area contributed by atoms with Crippen LogP contribution in [0.15, 0.2) is 83.1 Å². The Bertz CT molecular complexity index is 1140. The molecule has 1 atom stereocenters. The van der Waals surface area contributed by atoms with Gasteiger partial charge in [0.1, 0.15) is 5.76 Å². The van der Waals surface area contributed by atoms with E-state index in [-0.39, 0.29) is 17.9 Å². The third kappa shape index (κ3) is 3.78. The van der Waals surface area contributed by atoms with E-state index in [2.05, 4.69) is 20.9 Å². The zero-order valence-corrected chi connectivity index (χ0v) is 17.8. The number of halogens is 1. The second-order valence-electron chi connectivity index (χ2n) is 7.21. The van der Waals surface area contributed by atoms with Crippen molar-refractivity contribution >= 4 is 33.4 Å². The number of amides is 1. The van der Waals surface area contributed by atoms with Crippen molar-refractivity contribution in [2.75, 3.05) is 0 Å². The molecular weight excluding hydrogens is 444 g/mol. The van der Waals surface area contributed by atoms with Gasteiger partial charge < -0.3 is 10.0 Å². The van der Waals surface area contributed by atoms with Gasteiger partial charge in [0.15, 0.2) is 0 Å². The minimum atomic E-state index is -0.705. The number of aliphatic hydroxyl groups excluding tert-OH is 1. The summed E-state index contributed by atoms with van der Waals surface area (Å²) in [7, 11) is 0. The Morgan fingerprint density at radius 1 is 1.10 bits per heavy atom. The zero-order valence-electron chi connectivity index (χ0n) is 16.2. The first-order valence-electron chi connectivity index (χ1n) is 9.45. The van der Waals surface area contributed by atoms with Crippen LogP contribution in [-0.2, 0) is 16.1 Å². The van der Waals surface area contributed by atoms with Gasteiger partial charge in [0.25, 0.3) is 11.7 Å². The maximum atomic E-state index is 13.0. The molecule has 3 aromatic rings. The number of aryl methyl sites for hydroxylation is 1. The number of carbonyl (C=O) groups excluding carboxylic acids is 2. The number of likely N-dealkylation sites (tertiary alicyclic amines) is 1. The lowest BCUT2D eigenvalue weighted by atomic mass is 9.95. The molecule has 1 saturated heterocycles. The highest BCUT2D eigenvalue weighted by atomic mass is 79.9. The smallest absolute Gasteiger partial charge is 0.295 e. The van der Waals surface area contributed by atoms with Crippen molar-refractivity contribution in [1.29, 1.82) is 0 Å². The van der Waals surface area contributed by atoms with Crippen molar-refractivity contribution in [1.82, 2.24) is 9.88 Å². The quantitative estimate of drug-likeness (QED) is 0.344. The van der Waals surface area contributed by atoms with Crippen LogP contribution < -0.4 is 0 Å². The fourth-order valence-corrected chi connectivity index (χ4v) is 4.04. The van der Waals surface area contributed by atoms with E-state index < -0.39 is 17.7 Å². The van der Waals surface area contributed by atoms with E-state index in [1.807, 2.05) is 49.4 Å². The van der Waals surface area contributed by atoms with Crippen molar-refractivity contribution in [3.8, 4) is 0 Å². The molecule has 1 fully saturated rings. The summed E-state index contributed by atoms with van der Waals surface area (Å²) in [5.41, 5.74) is 3.16. The summed E-state index contributed by atoms with van der Waals surface area (Å²) in [6.07, 6.45) is 3.32. The maximum Gasteiger partial charge on any atom is 0.295 e. The molecule has 2 aromatic carbocycles. The SMILES string of the molecule is Cc1ccc(/C(O)=C2\C(=O)C(=O)N(Cc3cccnc3)[C@@H]2c2cccc(Br)c2)cc1. The van der Waals surface area contributed by atoms with E-state index in [1.54, 1.807) is 30.6 Å². The lowest BCUT2D eigenvalue weighted by molar-refractivity contribution is -0.140. The molecule has 1 N–H and O–H groups in total. The Morgan fingerprint density at radius 3 is 2.53 bits per heavy atom. The normalized spacial score (nSPS) is 18.1. The van der Waals surface area contributed by atoms with Crippen molar-refractivity contribution in [3.63, 3.8) is 0 Å². The number of rotatable bonds is 4. The average molecular weight is 463 g/mol. The van der Waals surface area contributed by atoms with Crippen LogP contribution in [0.1, 0.15) is 28.3 Å². The minimum Gasteiger partial charge on any atom is -0.507 e. The summed E-state index contributed by atoms with van der Waals surface area (Å²) in [6.45, 7) is 2.15. The average Bonchev–Trinajstić information content (AvgIpc) is 2.99. The van der Waals surface area contributed by atoms with Gasteiger partial charge in [-0.1, -0.05) is 64.0 Å². The van der Waals surface area contributed by atoms with Crippen LogP contribution in [0.5, 0.6) is 0 Å². The Hall–Kier alpha value is -3.25. The summed E-state index contributed by atoms with van der Waals surface area (Å²) < 4.78 is 0.822. The number of hydrogen-bond acceptors (Lipinski definition) is 4. The Labute approximate surface area is 182 Å². The van der Waals surface area contributed by atoms with Gasteiger partial charge in [-0.2, -0.15) is 0 Å². The number of hydrogen-bond donors (Lipinski definition) is 1. The van der Waals surface area contributed by atoms with Crippen molar-refractivity contribution in [2.24, 2.45) is 0 Å². The predicted molar refractivity (Wildman–Crippen MR) is 117 cm³/mol. The number of benzene rings is 2. The van der Waals surface area contributed by atoms with E-state index in [9.17, 15) is 14.7 Å². The lowest BCUT2D eigenvalue weighted by Gasteiger charge is -2.25. The van der Waals surface area contributed by atoms with E-state index in [4.69, 9.17) is 0 Å². The van der Waals surface area contributed by atoms with Crippen LogP contribution in [0, 0.1) is 6.92 Å². The molecule has 5 nitrogen and oxygen atoms in total. The molecule has 1 aromatic heterocycles. The van der Waals surface area contributed by atoms with Crippen LogP contribution in [-0.4, -0.2) is 26.7 Å². The van der Waals surface area contributed by atoms with Gasteiger partial charge in [-0.25, -0.2) is 0 Å². The molecule has 0 unspecified atom stereocenters.